The molecule has 20 heteroatoms. The Kier molecular flexibility index (Phi) is 22.3. The normalized spacial score (nSPS) is 37.5. The van der Waals surface area contributed by atoms with Gasteiger partial charge in [0, 0.05) is 19.0 Å². The Hall–Kier alpha value is -1.70. The van der Waals surface area contributed by atoms with Gasteiger partial charge in [-0.05, 0) is 25.8 Å². The number of carbonyl (C=O) groups excluding carboxylic acids is 1. The zero-order valence-corrected chi connectivity index (χ0v) is 31.1. The second-order valence-corrected chi connectivity index (χ2v) is 14.3. The van der Waals surface area contributed by atoms with Gasteiger partial charge in [-0.15, -0.1) is 0 Å². The lowest BCUT2D eigenvalue weighted by molar-refractivity contribution is -0.332. The average Bonchev–Trinajstić information content (AvgIpc) is 3.14. The van der Waals surface area contributed by atoms with Crippen LogP contribution >= 0.6 is 0 Å². The fourth-order valence-electron chi connectivity index (χ4n) is 6.65. The number of rotatable bonds is 20. The molecule has 2 saturated heterocycles. The molecule has 1 aliphatic carbocycles. The molecule has 3 rings (SSSR count). The van der Waals surface area contributed by atoms with Gasteiger partial charge in [0.1, 0.15) is 67.1 Å². The second-order valence-electron chi connectivity index (χ2n) is 14.3. The summed E-state index contributed by atoms with van der Waals surface area (Å²) in [6.07, 6.45) is -8.34. The number of aliphatic carboxylic acids is 1. The molecule has 16 atom stereocenters. The molecule has 3 aliphatic rings. The van der Waals surface area contributed by atoms with Crippen molar-refractivity contribution in [1.82, 2.24) is 5.32 Å². The Morgan fingerprint density at radius 2 is 1.31 bits per heavy atom. The molecule has 0 aromatic rings. The highest BCUT2D eigenvalue weighted by atomic mass is 16.7. The minimum atomic E-state index is -1.76. The summed E-state index contributed by atoms with van der Waals surface area (Å²) in [5, 5.41) is 93.3. The van der Waals surface area contributed by atoms with E-state index < -0.39 is 116 Å². The number of aliphatic hydroxyl groups is 8. The lowest BCUT2D eigenvalue weighted by Crippen LogP contribution is -2.69. The van der Waals surface area contributed by atoms with Gasteiger partial charge in [0.2, 0.25) is 5.91 Å². The molecule has 1 amide bonds. The molecule has 3 fully saturated rings. The van der Waals surface area contributed by atoms with Crippen molar-refractivity contribution in [2.24, 2.45) is 22.9 Å². The number of aliphatic hydroxyl groups excluding tert-OH is 8. The molecule has 0 unspecified atom stereocenters. The van der Waals surface area contributed by atoms with E-state index in [2.05, 4.69) is 12.2 Å². The van der Waals surface area contributed by atoms with Crippen LogP contribution in [0, 0.1) is 0 Å². The number of nitrogens with two attached hydrogens (primary N) is 4. The van der Waals surface area contributed by atoms with Crippen LogP contribution in [0.25, 0.3) is 0 Å². The maximum atomic E-state index is 12.6. The minimum Gasteiger partial charge on any atom is -0.481 e. The lowest BCUT2D eigenvalue weighted by Gasteiger charge is -2.49. The number of nitrogens with one attached hydrogen (secondary N) is 1. The molecule has 2 heterocycles. The Morgan fingerprint density at radius 3 is 1.87 bits per heavy atom. The molecular weight excluding hydrogens is 718 g/mol. The van der Waals surface area contributed by atoms with Crippen molar-refractivity contribution in [3.05, 3.63) is 0 Å². The van der Waals surface area contributed by atoms with Gasteiger partial charge in [0.25, 0.3) is 0 Å². The summed E-state index contributed by atoms with van der Waals surface area (Å²) in [4.78, 5) is 22.8. The van der Waals surface area contributed by atoms with E-state index in [0.717, 1.165) is 12.8 Å². The van der Waals surface area contributed by atoms with E-state index in [1.807, 2.05) is 0 Å². The molecule has 54 heavy (non-hydrogen) atoms. The van der Waals surface area contributed by atoms with Crippen LogP contribution < -0.4 is 28.3 Å². The van der Waals surface area contributed by atoms with Gasteiger partial charge >= 0.3 is 5.97 Å². The van der Waals surface area contributed by atoms with Gasteiger partial charge in [0.15, 0.2) is 12.6 Å². The Labute approximate surface area is 316 Å². The maximum Gasteiger partial charge on any atom is 0.303 e. The lowest BCUT2D eigenvalue weighted by atomic mass is 9.83. The Bertz CT molecular complexity index is 1070. The van der Waals surface area contributed by atoms with Gasteiger partial charge in [-0.25, -0.2) is 0 Å². The summed E-state index contributed by atoms with van der Waals surface area (Å²) >= 11 is 0. The minimum absolute atomic E-state index is 0.0101. The monoisotopic (exact) mass is 785 g/mol. The highest BCUT2D eigenvalue weighted by Crippen LogP contribution is 2.32. The highest BCUT2D eigenvalue weighted by Gasteiger charge is 2.52. The van der Waals surface area contributed by atoms with Crippen LogP contribution in [0.5, 0.6) is 0 Å². The van der Waals surface area contributed by atoms with Crippen LogP contribution in [0.4, 0.5) is 0 Å². The van der Waals surface area contributed by atoms with E-state index in [1.165, 1.54) is 44.9 Å². The van der Waals surface area contributed by atoms with Gasteiger partial charge in [-0.1, -0.05) is 58.3 Å². The predicted octanol–water partition coefficient (Wildman–Crippen LogP) is -4.43. The highest BCUT2D eigenvalue weighted by molar-refractivity contribution is 5.80. The van der Waals surface area contributed by atoms with Crippen molar-refractivity contribution in [1.29, 1.82) is 0 Å². The summed E-state index contributed by atoms with van der Waals surface area (Å²) in [6, 6.07) is -3.45. The summed E-state index contributed by atoms with van der Waals surface area (Å²) in [5.74, 6) is -1.50. The van der Waals surface area contributed by atoms with E-state index in [-0.39, 0.29) is 25.9 Å². The molecule has 0 bridgehead atoms. The molecule has 18 N–H and O–H groups in total. The molecule has 0 aromatic carbocycles. The largest absolute Gasteiger partial charge is 0.481 e. The number of hydrogen-bond acceptors (Lipinski definition) is 18. The standard InChI is InChI=1S/C22H43N5O13.C12H24O2/c23-2-1-8(29)20(36)27-7-3-6(25)18(39-22-16(34)15(33)13(31)9(4-24)37-22)17(35)19(7)40-21-14(32)11(26)12(30)10(5-28)38-21;1-2-3-4-5-6-7-8-9-10-11-12(13)14/h6-19,21-22,28-35H,1-5,23-26H2,(H,27,36);2-11H2,1H3,(H,13,14)/t6-,7+,8-,9+,10+,11-,12+,13+,14+,15-,16+,17-,18+,19-,21+,22+;/m0./s1. The summed E-state index contributed by atoms with van der Waals surface area (Å²) < 4.78 is 22.5. The van der Waals surface area contributed by atoms with E-state index in [0.29, 0.717) is 6.42 Å². The van der Waals surface area contributed by atoms with Crippen molar-refractivity contribution in [3.8, 4) is 0 Å². The quantitative estimate of drug-likeness (QED) is 0.0518. The maximum absolute atomic E-state index is 12.6. The van der Waals surface area contributed by atoms with Crippen molar-refractivity contribution in [3.63, 3.8) is 0 Å². The molecular formula is C34H67N5O15. The first kappa shape index (κ1) is 48.4. The van der Waals surface area contributed by atoms with Crippen LogP contribution in [0.2, 0.25) is 0 Å². The number of unbranched alkanes of at least 4 members (excludes halogenated alkanes) is 8. The van der Waals surface area contributed by atoms with Crippen molar-refractivity contribution >= 4 is 11.9 Å². The van der Waals surface area contributed by atoms with Crippen LogP contribution in [-0.4, -0.2) is 175 Å². The summed E-state index contributed by atoms with van der Waals surface area (Å²) in [7, 11) is 0. The number of carbonyl (C=O) groups is 2. The Balaban J connectivity index is 0.000000610. The summed E-state index contributed by atoms with van der Waals surface area (Å²) in [5.41, 5.74) is 23.1. The van der Waals surface area contributed by atoms with Gasteiger partial charge in [-0.2, -0.15) is 0 Å². The Morgan fingerprint density at radius 1 is 0.759 bits per heavy atom. The number of amides is 1. The average molecular weight is 786 g/mol. The molecule has 20 nitrogen and oxygen atoms in total. The van der Waals surface area contributed by atoms with Crippen molar-refractivity contribution < 1.29 is 74.5 Å². The summed E-state index contributed by atoms with van der Waals surface area (Å²) in [6.45, 7) is 1.33. The van der Waals surface area contributed by atoms with Crippen molar-refractivity contribution in [2.45, 2.75) is 182 Å². The van der Waals surface area contributed by atoms with Crippen LogP contribution in [0.3, 0.4) is 0 Å². The third-order valence-corrected chi connectivity index (χ3v) is 10.0. The van der Waals surface area contributed by atoms with Crippen molar-refractivity contribution in [2.75, 3.05) is 19.7 Å². The zero-order chi connectivity index (χ0) is 40.5. The van der Waals surface area contributed by atoms with E-state index >= 15 is 0 Å². The fourth-order valence-corrected chi connectivity index (χ4v) is 6.65. The molecule has 0 radical (unpaired) electrons. The third-order valence-electron chi connectivity index (χ3n) is 10.0. The van der Waals surface area contributed by atoms with Gasteiger partial charge in [-0.3, -0.25) is 9.59 Å². The first-order valence-corrected chi connectivity index (χ1v) is 19.1. The van der Waals surface area contributed by atoms with Crippen LogP contribution in [0.15, 0.2) is 0 Å². The SMILES string of the molecule is CCCCCCCCCCCC(=O)O.NCC[C@H](O)C(=O)N[C@@H]1C[C@H](N)[C@@H](O[C@H]2O[C@H](CN)[C@@H](O)[C@H](O)[C@H]2O)[C@H](O)[C@H]1O[C@H]1O[C@H](CO)[C@@H](O)[C@H](N)[C@H]1O. The topological polar surface area (TPSA) is 369 Å². The number of ether oxygens (including phenoxy) is 4. The first-order valence-electron chi connectivity index (χ1n) is 19.1. The van der Waals surface area contributed by atoms with Crippen LogP contribution in [0.1, 0.15) is 84.0 Å². The van der Waals surface area contributed by atoms with E-state index in [1.54, 1.807) is 0 Å². The molecule has 2 aliphatic heterocycles. The molecule has 0 aromatic heterocycles. The molecule has 1 saturated carbocycles. The smallest absolute Gasteiger partial charge is 0.303 e. The second kappa shape index (κ2) is 24.8. The molecule has 0 spiro atoms. The predicted molar refractivity (Wildman–Crippen MR) is 191 cm³/mol. The number of hydrogen-bond donors (Lipinski definition) is 14. The van der Waals surface area contributed by atoms with Gasteiger partial charge < -0.3 is 93.2 Å². The molecule has 318 valence electrons. The number of carboxylic acid groups (broad SMARTS) is 1. The fraction of sp³-hybridized carbons (Fsp3) is 0.941. The van der Waals surface area contributed by atoms with Gasteiger partial charge in [0.05, 0.1) is 18.7 Å². The van der Waals surface area contributed by atoms with E-state index in [4.69, 9.17) is 47.0 Å². The third kappa shape index (κ3) is 14.4. The van der Waals surface area contributed by atoms with Crippen LogP contribution in [-0.2, 0) is 28.5 Å². The number of carboxylic acids is 1. The first-order chi connectivity index (χ1) is 25.6. The van der Waals surface area contributed by atoms with E-state index in [9.17, 15) is 50.4 Å². The zero-order valence-electron chi connectivity index (χ0n) is 31.1.